The van der Waals surface area contributed by atoms with Gasteiger partial charge in [0, 0.05) is 11.1 Å². The second-order valence-electron chi connectivity index (χ2n) is 5.27. The molecule has 1 nitrogen and oxygen atoms in total. The van der Waals surface area contributed by atoms with Gasteiger partial charge in [-0.05, 0) is 48.9 Å². The fourth-order valence-corrected chi connectivity index (χ4v) is 3.23. The zero-order valence-corrected chi connectivity index (χ0v) is 11.5. The minimum Gasteiger partial charge on any atom is -0.310 e. The van der Waals surface area contributed by atoms with E-state index in [2.05, 4.69) is 37.4 Å². The quantitative estimate of drug-likeness (QED) is 0.835. The zero-order chi connectivity index (χ0) is 12.3. The van der Waals surface area contributed by atoms with Crippen molar-refractivity contribution >= 4 is 11.6 Å². The highest BCUT2D eigenvalue weighted by molar-refractivity contribution is 6.30. The van der Waals surface area contributed by atoms with Crippen molar-refractivity contribution in [2.75, 3.05) is 6.54 Å². The summed E-state index contributed by atoms with van der Waals surface area (Å²) in [4.78, 5) is 0. The molecule has 3 atom stereocenters. The Labute approximate surface area is 110 Å². The van der Waals surface area contributed by atoms with Crippen LogP contribution in [0.25, 0.3) is 0 Å². The van der Waals surface area contributed by atoms with Crippen molar-refractivity contribution in [2.24, 2.45) is 11.8 Å². The maximum atomic E-state index is 6.10. The summed E-state index contributed by atoms with van der Waals surface area (Å²) in [6, 6.07) is 8.79. The van der Waals surface area contributed by atoms with Gasteiger partial charge in [0.25, 0.3) is 0 Å². The van der Waals surface area contributed by atoms with Crippen LogP contribution in [0.5, 0.6) is 0 Å². The van der Waals surface area contributed by atoms with Gasteiger partial charge in [0.1, 0.15) is 0 Å². The smallest absolute Gasteiger partial charge is 0.0409 e. The number of nitrogens with one attached hydrogen (secondary N) is 1. The number of rotatable bonds is 4. The van der Waals surface area contributed by atoms with Gasteiger partial charge in [-0.1, -0.05) is 44.0 Å². The Morgan fingerprint density at radius 2 is 2.24 bits per heavy atom. The lowest BCUT2D eigenvalue weighted by Crippen LogP contribution is -2.27. The van der Waals surface area contributed by atoms with Gasteiger partial charge in [-0.2, -0.15) is 0 Å². The molecule has 0 spiro atoms. The Kier molecular flexibility index (Phi) is 4.47. The van der Waals surface area contributed by atoms with Crippen LogP contribution in [-0.4, -0.2) is 6.54 Å². The van der Waals surface area contributed by atoms with Crippen LogP contribution in [0.4, 0.5) is 0 Å². The predicted octanol–water partition coefficient (Wildman–Crippen LogP) is 4.43. The van der Waals surface area contributed by atoms with E-state index in [1.165, 1.54) is 24.8 Å². The van der Waals surface area contributed by atoms with E-state index in [0.29, 0.717) is 6.04 Å². The van der Waals surface area contributed by atoms with Gasteiger partial charge in [0.2, 0.25) is 0 Å². The molecule has 0 heterocycles. The number of hydrogen-bond donors (Lipinski definition) is 1. The van der Waals surface area contributed by atoms with E-state index in [4.69, 9.17) is 11.6 Å². The van der Waals surface area contributed by atoms with E-state index in [0.717, 1.165) is 23.4 Å². The monoisotopic (exact) mass is 251 g/mol. The Hall–Kier alpha value is -0.530. The van der Waals surface area contributed by atoms with E-state index < -0.39 is 0 Å². The van der Waals surface area contributed by atoms with Gasteiger partial charge in [0.15, 0.2) is 0 Å². The van der Waals surface area contributed by atoms with Crippen molar-refractivity contribution in [1.82, 2.24) is 5.32 Å². The van der Waals surface area contributed by atoms with Crippen LogP contribution in [0.15, 0.2) is 24.3 Å². The first-order valence-corrected chi connectivity index (χ1v) is 7.07. The molecule has 0 aromatic heterocycles. The van der Waals surface area contributed by atoms with Crippen molar-refractivity contribution in [3.63, 3.8) is 0 Å². The minimum atomic E-state index is 0.476. The maximum absolute atomic E-state index is 6.10. The molecule has 1 fully saturated rings. The molecular formula is C15H22ClN. The topological polar surface area (TPSA) is 12.0 Å². The molecule has 2 rings (SSSR count). The van der Waals surface area contributed by atoms with Gasteiger partial charge in [-0.25, -0.2) is 0 Å². The van der Waals surface area contributed by atoms with E-state index in [-0.39, 0.29) is 0 Å². The largest absolute Gasteiger partial charge is 0.310 e. The third kappa shape index (κ3) is 3.23. The molecule has 0 radical (unpaired) electrons. The van der Waals surface area contributed by atoms with Gasteiger partial charge < -0.3 is 5.32 Å². The van der Waals surface area contributed by atoms with Crippen molar-refractivity contribution in [3.8, 4) is 0 Å². The maximum Gasteiger partial charge on any atom is 0.0409 e. The summed E-state index contributed by atoms with van der Waals surface area (Å²) in [7, 11) is 0. The third-order valence-electron chi connectivity index (χ3n) is 3.84. The van der Waals surface area contributed by atoms with Gasteiger partial charge in [0.05, 0.1) is 0 Å². The van der Waals surface area contributed by atoms with Gasteiger partial charge in [-0.3, -0.25) is 0 Å². The molecule has 0 saturated heterocycles. The Morgan fingerprint density at radius 3 is 2.82 bits per heavy atom. The molecule has 1 saturated carbocycles. The zero-order valence-electron chi connectivity index (χ0n) is 10.7. The number of halogens is 1. The molecule has 3 unspecified atom stereocenters. The molecule has 94 valence electrons. The first-order chi connectivity index (χ1) is 8.20. The molecule has 1 aliphatic rings. The average molecular weight is 252 g/mol. The Balaban J connectivity index is 2.16. The molecule has 17 heavy (non-hydrogen) atoms. The van der Waals surface area contributed by atoms with Crippen molar-refractivity contribution in [1.29, 1.82) is 0 Å². The molecule has 2 heteroatoms. The van der Waals surface area contributed by atoms with E-state index in [1.807, 2.05) is 6.07 Å². The normalized spacial score (nSPS) is 26.1. The third-order valence-corrected chi connectivity index (χ3v) is 4.07. The van der Waals surface area contributed by atoms with Crippen molar-refractivity contribution in [2.45, 2.75) is 39.2 Å². The summed E-state index contributed by atoms with van der Waals surface area (Å²) in [5.41, 5.74) is 1.35. The highest BCUT2D eigenvalue weighted by atomic mass is 35.5. The first kappa shape index (κ1) is 12.9. The second-order valence-corrected chi connectivity index (χ2v) is 5.71. The average Bonchev–Trinajstić information content (AvgIpc) is 2.72. The lowest BCUT2D eigenvalue weighted by Gasteiger charge is -2.25. The molecule has 1 aromatic rings. The number of hydrogen-bond acceptors (Lipinski definition) is 1. The predicted molar refractivity (Wildman–Crippen MR) is 74.4 cm³/mol. The lowest BCUT2D eigenvalue weighted by molar-refractivity contribution is 0.365. The summed E-state index contributed by atoms with van der Waals surface area (Å²) >= 11 is 6.10. The van der Waals surface area contributed by atoms with Crippen LogP contribution in [-0.2, 0) is 0 Å². The van der Waals surface area contributed by atoms with E-state index in [1.54, 1.807) is 0 Å². The molecular weight excluding hydrogens is 230 g/mol. The van der Waals surface area contributed by atoms with Gasteiger partial charge >= 0.3 is 0 Å². The lowest BCUT2D eigenvalue weighted by atomic mass is 9.91. The molecule has 0 amide bonds. The summed E-state index contributed by atoms with van der Waals surface area (Å²) in [5, 5.41) is 4.47. The van der Waals surface area contributed by atoms with E-state index >= 15 is 0 Å². The van der Waals surface area contributed by atoms with Crippen LogP contribution in [0.2, 0.25) is 5.02 Å². The summed E-state index contributed by atoms with van der Waals surface area (Å²) < 4.78 is 0. The van der Waals surface area contributed by atoms with Crippen molar-refractivity contribution in [3.05, 3.63) is 34.9 Å². The standard InChI is InChI=1S/C15H22ClN/c1-3-17-15(13-8-7-11(2)9-13)12-5-4-6-14(16)10-12/h4-6,10-11,13,15,17H,3,7-9H2,1-2H3. The Bertz CT molecular complexity index is 364. The fraction of sp³-hybridized carbons (Fsp3) is 0.600. The Morgan fingerprint density at radius 1 is 1.41 bits per heavy atom. The van der Waals surface area contributed by atoms with Crippen LogP contribution >= 0.6 is 11.6 Å². The summed E-state index contributed by atoms with van der Waals surface area (Å²) in [6.45, 7) is 5.55. The highest BCUT2D eigenvalue weighted by Crippen LogP contribution is 2.39. The molecule has 0 bridgehead atoms. The molecule has 0 aliphatic heterocycles. The van der Waals surface area contributed by atoms with Crippen LogP contribution in [0.3, 0.4) is 0 Å². The first-order valence-electron chi connectivity index (χ1n) is 6.69. The summed E-state index contributed by atoms with van der Waals surface area (Å²) in [6.07, 6.45) is 4.04. The molecule has 1 N–H and O–H groups in total. The number of benzene rings is 1. The minimum absolute atomic E-state index is 0.476. The van der Waals surface area contributed by atoms with Gasteiger partial charge in [-0.15, -0.1) is 0 Å². The van der Waals surface area contributed by atoms with E-state index in [9.17, 15) is 0 Å². The van der Waals surface area contributed by atoms with Crippen LogP contribution in [0, 0.1) is 11.8 Å². The van der Waals surface area contributed by atoms with Crippen LogP contribution < -0.4 is 5.32 Å². The second kappa shape index (κ2) is 5.88. The SMILES string of the molecule is CCNC(c1cccc(Cl)c1)C1CCC(C)C1. The highest BCUT2D eigenvalue weighted by Gasteiger charge is 2.29. The van der Waals surface area contributed by atoms with Crippen LogP contribution in [0.1, 0.15) is 44.7 Å². The van der Waals surface area contributed by atoms with Crippen molar-refractivity contribution < 1.29 is 0 Å². The molecule has 1 aromatic carbocycles. The fourth-order valence-electron chi connectivity index (χ4n) is 3.03. The summed E-state index contributed by atoms with van der Waals surface area (Å²) in [5.74, 6) is 1.64. The molecule has 1 aliphatic carbocycles.